The lowest BCUT2D eigenvalue weighted by molar-refractivity contribution is 0.722. The monoisotopic (exact) mass is 838 g/mol. The van der Waals surface area contributed by atoms with E-state index in [1.165, 1.54) is 74.1 Å². The van der Waals surface area contributed by atoms with Crippen LogP contribution in [0.1, 0.15) is 22.3 Å². The van der Waals surface area contributed by atoms with Crippen LogP contribution in [0, 0.1) is 0 Å². The summed E-state index contributed by atoms with van der Waals surface area (Å²) >= 11 is 3.75. The van der Waals surface area contributed by atoms with Crippen molar-refractivity contribution in [2.24, 2.45) is 0 Å². The molecule has 11 aromatic rings. The van der Waals surface area contributed by atoms with E-state index in [-0.39, 0.29) is 0 Å². The molecule has 1 spiro atoms. The summed E-state index contributed by atoms with van der Waals surface area (Å²) in [5.41, 5.74) is 14.1. The molecule has 0 amide bonds. The first-order valence-electron chi connectivity index (χ1n) is 21.5. The first-order valence-corrected chi connectivity index (χ1v) is 23.1. The number of nitrogens with zero attached hydrogens (tertiary/aromatic N) is 2. The second kappa shape index (κ2) is 14.4. The van der Waals surface area contributed by atoms with Gasteiger partial charge in [-0.05, 0) is 124 Å². The van der Waals surface area contributed by atoms with E-state index in [0.717, 1.165) is 34.1 Å². The van der Waals surface area contributed by atoms with Crippen molar-refractivity contribution in [1.82, 2.24) is 0 Å². The lowest BCUT2D eigenvalue weighted by Crippen LogP contribution is -2.32. The number of rotatable bonds is 6. The normalized spacial score (nSPS) is 13.1. The van der Waals surface area contributed by atoms with Crippen molar-refractivity contribution in [2.45, 2.75) is 15.2 Å². The summed E-state index contributed by atoms with van der Waals surface area (Å²) in [5, 5.41) is 4.97. The number of anilines is 6. The molecule has 0 bridgehead atoms. The Morgan fingerprint density at radius 3 is 1.70 bits per heavy atom. The van der Waals surface area contributed by atoms with Crippen molar-refractivity contribution in [3.63, 3.8) is 0 Å². The summed E-state index contributed by atoms with van der Waals surface area (Å²) in [5.74, 6) is 0. The van der Waals surface area contributed by atoms with Crippen LogP contribution in [0.4, 0.5) is 34.1 Å². The van der Waals surface area contributed by atoms with Gasteiger partial charge in [0.2, 0.25) is 0 Å². The topological polar surface area (TPSA) is 6.48 Å². The zero-order chi connectivity index (χ0) is 41.5. The smallest absolute Gasteiger partial charge is 0.0736 e. The fraction of sp³-hybridized carbons (Fsp3) is 0.0169. The van der Waals surface area contributed by atoms with Crippen LogP contribution in [0.2, 0.25) is 0 Å². The van der Waals surface area contributed by atoms with Crippen molar-refractivity contribution >= 4 is 88.2 Å². The number of hydrogen-bond acceptors (Lipinski definition) is 4. The number of fused-ring (bicyclic) bond motifs is 13. The van der Waals surface area contributed by atoms with Gasteiger partial charge < -0.3 is 9.80 Å². The van der Waals surface area contributed by atoms with Gasteiger partial charge in [-0.25, -0.2) is 0 Å². The predicted molar refractivity (Wildman–Crippen MR) is 268 cm³/mol. The molecule has 0 atom stereocenters. The van der Waals surface area contributed by atoms with Gasteiger partial charge in [0.1, 0.15) is 0 Å². The van der Waals surface area contributed by atoms with Gasteiger partial charge in [-0.2, -0.15) is 0 Å². The Morgan fingerprint density at radius 1 is 0.317 bits per heavy atom. The highest BCUT2D eigenvalue weighted by Crippen LogP contribution is 2.63. The van der Waals surface area contributed by atoms with E-state index in [1.807, 2.05) is 23.1 Å². The van der Waals surface area contributed by atoms with Crippen LogP contribution in [0.15, 0.2) is 240 Å². The summed E-state index contributed by atoms with van der Waals surface area (Å²) < 4.78 is 2.59. The van der Waals surface area contributed by atoms with Crippen molar-refractivity contribution in [1.29, 1.82) is 0 Å². The number of hydrogen-bond donors (Lipinski definition) is 0. The Balaban J connectivity index is 1.07. The molecule has 1 aliphatic carbocycles. The van der Waals surface area contributed by atoms with E-state index >= 15 is 0 Å². The fourth-order valence-electron chi connectivity index (χ4n) is 10.5. The Morgan fingerprint density at radius 2 is 0.873 bits per heavy atom. The lowest BCUT2D eigenvalue weighted by Gasteiger charge is -2.40. The number of thiophene rings is 1. The average molecular weight is 839 g/mol. The van der Waals surface area contributed by atoms with E-state index in [2.05, 4.69) is 240 Å². The average Bonchev–Trinajstić information content (AvgIpc) is 3.86. The number of benzene rings is 10. The Hall–Kier alpha value is -7.37. The van der Waals surface area contributed by atoms with Crippen molar-refractivity contribution in [2.75, 3.05) is 9.80 Å². The summed E-state index contributed by atoms with van der Waals surface area (Å²) in [7, 11) is 0. The molecule has 1 aromatic heterocycles. The third-order valence-corrected chi connectivity index (χ3v) is 15.4. The molecule has 0 fully saturated rings. The van der Waals surface area contributed by atoms with Gasteiger partial charge in [-0.1, -0.05) is 157 Å². The summed E-state index contributed by atoms with van der Waals surface area (Å²) in [6.45, 7) is 0. The molecule has 0 radical (unpaired) electrons. The maximum Gasteiger partial charge on any atom is 0.0736 e. The van der Waals surface area contributed by atoms with Crippen LogP contribution < -0.4 is 9.80 Å². The van der Waals surface area contributed by atoms with Gasteiger partial charge in [0.25, 0.3) is 0 Å². The van der Waals surface area contributed by atoms with Crippen LogP contribution >= 0.6 is 23.1 Å². The summed E-state index contributed by atoms with van der Waals surface area (Å²) in [6.07, 6.45) is 0. The summed E-state index contributed by atoms with van der Waals surface area (Å²) in [6, 6.07) is 85.4. The quantitative estimate of drug-likeness (QED) is 0.165. The molecule has 1 aliphatic heterocycles. The highest BCUT2D eigenvalue weighted by atomic mass is 32.2. The molecule has 4 heteroatoms. The minimum Gasteiger partial charge on any atom is -0.310 e. The fourth-order valence-corrected chi connectivity index (χ4v) is 12.7. The highest BCUT2D eigenvalue weighted by Gasteiger charge is 2.50. The molecule has 2 aliphatic rings. The second-order valence-electron chi connectivity index (χ2n) is 16.4. The van der Waals surface area contributed by atoms with Gasteiger partial charge in [0.05, 0.1) is 11.1 Å². The lowest BCUT2D eigenvalue weighted by atomic mass is 9.67. The molecule has 2 nitrogen and oxygen atoms in total. The van der Waals surface area contributed by atoms with E-state index in [4.69, 9.17) is 0 Å². The first kappa shape index (κ1) is 36.3. The van der Waals surface area contributed by atoms with Crippen LogP contribution in [0.25, 0.3) is 42.1 Å². The van der Waals surface area contributed by atoms with Gasteiger partial charge in [-0.3, -0.25) is 0 Å². The molecule has 13 rings (SSSR count). The van der Waals surface area contributed by atoms with Crippen LogP contribution in [0.5, 0.6) is 0 Å². The van der Waals surface area contributed by atoms with E-state index in [0.29, 0.717) is 0 Å². The molecule has 0 saturated heterocycles. The Labute approximate surface area is 375 Å². The third-order valence-electron chi connectivity index (χ3n) is 13.1. The molecule has 0 unspecified atom stereocenters. The Kier molecular flexibility index (Phi) is 8.27. The molecule has 10 aromatic carbocycles. The first-order chi connectivity index (χ1) is 31.2. The van der Waals surface area contributed by atoms with Crippen LogP contribution in [-0.2, 0) is 5.41 Å². The van der Waals surface area contributed by atoms with Crippen molar-refractivity contribution in [3.05, 3.63) is 253 Å². The second-order valence-corrected chi connectivity index (χ2v) is 18.6. The minimum absolute atomic E-state index is 0.486. The van der Waals surface area contributed by atoms with Gasteiger partial charge >= 0.3 is 0 Å². The van der Waals surface area contributed by atoms with Crippen molar-refractivity contribution < 1.29 is 0 Å². The maximum absolute atomic E-state index is 2.50. The third kappa shape index (κ3) is 5.52. The van der Waals surface area contributed by atoms with Gasteiger partial charge in [0, 0.05) is 63.8 Å². The van der Waals surface area contributed by atoms with Gasteiger partial charge in [0.15, 0.2) is 0 Å². The van der Waals surface area contributed by atoms with Crippen molar-refractivity contribution in [3.8, 4) is 11.1 Å². The van der Waals surface area contributed by atoms with Gasteiger partial charge in [-0.15, -0.1) is 11.3 Å². The molecule has 2 heterocycles. The molecule has 63 heavy (non-hydrogen) atoms. The molecular weight excluding hydrogens is 801 g/mol. The SMILES string of the molecule is c1ccc(N(c2cccc(N(c3ccc4c(c3)C3(c5ccccc5Sc5ccccc53)c3ccccc3-4)c3ccc4sc5ccccc5c4c3)c2)c2cccc3ccccc23)cc1. The van der Waals surface area contributed by atoms with E-state index < -0.39 is 5.41 Å². The highest BCUT2D eigenvalue weighted by molar-refractivity contribution is 7.99. The van der Waals surface area contributed by atoms with E-state index in [9.17, 15) is 0 Å². The van der Waals surface area contributed by atoms with Crippen LogP contribution in [0.3, 0.4) is 0 Å². The molecule has 296 valence electrons. The maximum atomic E-state index is 2.50. The molecule has 0 saturated carbocycles. The largest absolute Gasteiger partial charge is 0.310 e. The minimum atomic E-state index is -0.486. The number of para-hydroxylation sites is 1. The van der Waals surface area contributed by atoms with E-state index in [1.54, 1.807) is 0 Å². The summed E-state index contributed by atoms with van der Waals surface area (Å²) in [4.78, 5) is 7.49. The zero-order valence-electron chi connectivity index (χ0n) is 34.2. The standard InChI is InChI=1S/C59H38N2S2/c1-2-18-40(19-3-1)61(54-28-14-17-39-16-4-5-22-45(39)54)42-21-15-20-41(36-42)60(43-33-35-56-49(37-43)48-24-7-11-29-55(48)62-56)44-32-34-47-46-23-6-8-25-50(46)59(53(47)38-44)51-26-9-12-30-57(51)63-58-31-13-10-27-52(58)59/h1-38H. The molecular formula is C59H38N2S2. The zero-order valence-corrected chi connectivity index (χ0v) is 35.8. The van der Waals surface area contributed by atoms with Crippen LogP contribution in [-0.4, -0.2) is 0 Å². The Bertz CT molecular complexity index is 3540. The predicted octanol–water partition coefficient (Wildman–Crippen LogP) is 17.0. The molecule has 0 N–H and O–H groups in total.